The Morgan fingerprint density at radius 2 is 2.13 bits per heavy atom. The molecule has 0 aliphatic heterocycles. The highest BCUT2D eigenvalue weighted by molar-refractivity contribution is 7.13. The third-order valence-electron chi connectivity index (χ3n) is 1.85. The highest BCUT2D eigenvalue weighted by Crippen LogP contribution is 2.32. The Kier molecular flexibility index (Phi) is 2.30. The fourth-order valence-corrected chi connectivity index (χ4v) is 2.02. The van der Waals surface area contributed by atoms with E-state index in [1.807, 2.05) is 0 Å². The van der Waals surface area contributed by atoms with Crippen molar-refractivity contribution in [2.45, 2.75) is 13.2 Å². The van der Waals surface area contributed by atoms with E-state index >= 15 is 0 Å². The van der Waals surface area contributed by atoms with Gasteiger partial charge in [0, 0.05) is 0 Å². The Morgan fingerprint density at radius 1 is 1.40 bits per heavy atom. The predicted octanol–water partition coefficient (Wildman–Crippen LogP) is 3.40. The first-order valence-corrected chi connectivity index (χ1v) is 5.04. The van der Waals surface area contributed by atoms with Crippen LogP contribution in [0.4, 0.5) is 13.2 Å². The summed E-state index contributed by atoms with van der Waals surface area (Å²) in [7, 11) is 0. The zero-order valence-electron chi connectivity index (χ0n) is 7.75. The fraction of sp³-hybridized carbons (Fsp3) is 0.222. The van der Waals surface area contributed by atoms with E-state index in [9.17, 15) is 13.2 Å². The molecule has 0 amide bonds. The molecule has 6 heteroatoms. The first-order valence-electron chi connectivity index (χ1n) is 4.16. The summed E-state index contributed by atoms with van der Waals surface area (Å²) in [5, 5.41) is 5.17. The van der Waals surface area contributed by atoms with E-state index in [2.05, 4.69) is 5.10 Å². The minimum atomic E-state index is -4.46. The Bertz CT molecular complexity index is 456. The van der Waals surface area contributed by atoms with Crippen molar-refractivity contribution in [1.82, 2.24) is 9.78 Å². The zero-order chi connectivity index (χ0) is 11.1. The van der Waals surface area contributed by atoms with Gasteiger partial charge in [-0.3, -0.25) is 0 Å². The van der Waals surface area contributed by atoms with Gasteiger partial charge < -0.3 is 0 Å². The van der Waals surface area contributed by atoms with Gasteiger partial charge in [0.1, 0.15) is 0 Å². The lowest BCUT2D eigenvalue weighted by Gasteiger charge is -2.08. The topological polar surface area (TPSA) is 17.8 Å². The van der Waals surface area contributed by atoms with Gasteiger partial charge in [-0.1, -0.05) is 6.07 Å². The molecule has 0 aromatic carbocycles. The average molecular weight is 232 g/mol. The van der Waals surface area contributed by atoms with E-state index in [1.165, 1.54) is 17.4 Å². The molecular formula is C9H7F3N2S. The summed E-state index contributed by atoms with van der Waals surface area (Å²) < 4.78 is 37.8. The standard InChI is InChI=1S/C9H7F3N2S/c1-6-5-7(8-3-2-4-15-8)14(13-6)9(10,11)12/h2-5H,1H3. The zero-order valence-corrected chi connectivity index (χ0v) is 8.56. The van der Waals surface area contributed by atoms with Crippen molar-refractivity contribution in [2.24, 2.45) is 0 Å². The summed E-state index contributed by atoms with van der Waals surface area (Å²) in [4.78, 5) is 0.563. The van der Waals surface area contributed by atoms with Gasteiger partial charge in [0.2, 0.25) is 0 Å². The first kappa shape index (κ1) is 10.2. The van der Waals surface area contributed by atoms with Crippen LogP contribution >= 0.6 is 11.3 Å². The molecule has 2 nitrogen and oxygen atoms in total. The normalized spacial score (nSPS) is 12.0. The second-order valence-corrected chi connectivity index (χ2v) is 3.98. The van der Waals surface area contributed by atoms with Gasteiger partial charge in [0.15, 0.2) is 0 Å². The summed E-state index contributed by atoms with van der Waals surface area (Å²) in [5.41, 5.74) is 0.450. The number of aromatic nitrogens is 2. The Balaban J connectivity index is 2.57. The van der Waals surface area contributed by atoms with Crippen molar-refractivity contribution in [3.8, 4) is 10.6 Å². The lowest BCUT2D eigenvalue weighted by Crippen LogP contribution is -2.19. The number of hydrogen-bond acceptors (Lipinski definition) is 2. The quantitative estimate of drug-likeness (QED) is 0.736. The maximum atomic E-state index is 12.6. The number of hydrogen-bond donors (Lipinski definition) is 0. The molecule has 2 aromatic heterocycles. The van der Waals surface area contributed by atoms with Crippen LogP contribution in [-0.4, -0.2) is 9.78 Å². The molecule has 0 fully saturated rings. The van der Waals surface area contributed by atoms with Gasteiger partial charge in [-0.15, -0.1) is 24.5 Å². The Hall–Kier alpha value is -1.30. The van der Waals surface area contributed by atoms with Crippen LogP contribution < -0.4 is 0 Å². The highest BCUT2D eigenvalue weighted by atomic mass is 32.1. The van der Waals surface area contributed by atoms with Crippen LogP contribution in [0.2, 0.25) is 0 Å². The first-order chi connectivity index (χ1) is 6.98. The van der Waals surface area contributed by atoms with Gasteiger partial charge in [0.05, 0.1) is 16.3 Å². The van der Waals surface area contributed by atoms with E-state index in [1.54, 1.807) is 24.4 Å². The minimum absolute atomic E-state index is 0.0926. The summed E-state index contributed by atoms with van der Waals surface area (Å²) in [5.74, 6) is 0. The predicted molar refractivity (Wildman–Crippen MR) is 51.6 cm³/mol. The van der Waals surface area contributed by atoms with Crippen LogP contribution in [0.15, 0.2) is 23.6 Å². The van der Waals surface area contributed by atoms with Gasteiger partial charge in [-0.2, -0.15) is 9.78 Å². The van der Waals surface area contributed by atoms with E-state index in [0.29, 0.717) is 10.6 Å². The molecule has 0 unspecified atom stereocenters. The monoisotopic (exact) mass is 232 g/mol. The van der Waals surface area contributed by atoms with E-state index < -0.39 is 6.30 Å². The lowest BCUT2D eigenvalue weighted by atomic mass is 10.3. The molecule has 0 bridgehead atoms. The van der Waals surface area contributed by atoms with Crippen LogP contribution in [0.25, 0.3) is 10.6 Å². The second-order valence-electron chi connectivity index (χ2n) is 3.03. The molecule has 0 N–H and O–H groups in total. The van der Waals surface area contributed by atoms with Gasteiger partial charge in [-0.05, 0) is 24.4 Å². The summed E-state index contributed by atoms with van der Waals surface area (Å²) in [6.45, 7) is 1.54. The largest absolute Gasteiger partial charge is 0.505 e. The molecule has 0 saturated carbocycles. The molecule has 0 radical (unpaired) electrons. The number of halogens is 3. The van der Waals surface area contributed by atoms with Crippen molar-refractivity contribution in [3.05, 3.63) is 29.3 Å². The molecular weight excluding hydrogens is 225 g/mol. The number of thiophene rings is 1. The van der Waals surface area contributed by atoms with Crippen molar-refractivity contribution >= 4 is 11.3 Å². The molecule has 2 aromatic rings. The third-order valence-corrected chi connectivity index (χ3v) is 2.74. The van der Waals surface area contributed by atoms with Crippen molar-refractivity contribution in [2.75, 3.05) is 0 Å². The highest BCUT2D eigenvalue weighted by Gasteiger charge is 2.34. The number of nitrogens with zero attached hydrogens (tertiary/aromatic N) is 2. The number of aryl methyl sites for hydroxylation is 1. The minimum Gasteiger partial charge on any atom is -0.170 e. The Labute approximate surface area is 88.0 Å². The Morgan fingerprint density at radius 3 is 2.67 bits per heavy atom. The van der Waals surface area contributed by atoms with Gasteiger partial charge >= 0.3 is 6.30 Å². The molecule has 0 aliphatic carbocycles. The van der Waals surface area contributed by atoms with Crippen molar-refractivity contribution in [3.63, 3.8) is 0 Å². The SMILES string of the molecule is Cc1cc(-c2cccs2)n(C(F)(F)F)n1. The average Bonchev–Trinajstić information content (AvgIpc) is 2.68. The summed E-state index contributed by atoms with van der Waals surface area (Å²) >= 11 is 1.26. The third kappa shape index (κ3) is 1.90. The van der Waals surface area contributed by atoms with Crippen LogP contribution in [0.3, 0.4) is 0 Å². The van der Waals surface area contributed by atoms with E-state index in [-0.39, 0.29) is 10.4 Å². The molecule has 0 atom stereocenters. The van der Waals surface area contributed by atoms with Crippen LogP contribution in [0.5, 0.6) is 0 Å². The number of alkyl halides is 3. The molecule has 0 spiro atoms. The fourth-order valence-electron chi connectivity index (χ4n) is 1.29. The van der Waals surface area contributed by atoms with Crippen molar-refractivity contribution < 1.29 is 13.2 Å². The maximum Gasteiger partial charge on any atom is 0.505 e. The van der Waals surface area contributed by atoms with Crippen LogP contribution in [0, 0.1) is 6.92 Å². The molecule has 0 aliphatic rings. The molecule has 0 saturated heterocycles. The molecule has 2 heterocycles. The lowest BCUT2D eigenvalue weighted by molar-refractivity contribution is -0.211. The second kappa shape index (κ2) is 3.37. The number of rotatable bonds is 1. The van der Waals surface area contributed by atoms with Crippen LogP contribution in [-0.2, 0) is 6.30 Å². The molecule has 15 heavy (non-hydrogen) atoms. The smallest absolute Gasteiger partial charge is 0.170 e. The molecule has 2 rings (SSSR count). The van der Waals surface area contributed by atoms with Crippen molar-refractivity contribution in [1.29, 1.82) is 0 Å². The van der Waals surface area contributed by atoms with E-state index in [4.69, 9.17) is 0 Å². The molecule has 80 valence electrons. The summed E-state index contributed by atoms with van der Waals surface area (Å²) in [6.07, 6.45) is -4.46. The maximum absolute atomic E-state index is 12.6. The van der Waals surface area contributed by atoms with Gasteiger partial charge in [-0.25, -0.2) is 0 Å². The van der Waals surface area contributed by atoms with Crippen LogP contribution in [0.1, 0.15) is 5.69 Å². The summed E-state index contributed by atoms with van der Waals surface area (Å²) in [6, 6.07) is 4.78. The van der Waals surface area contributed by atoms with E-state index in [0.717, 1.165) is 0 Å². The van der Waals surface area contributed by atoms with Gasteiger partial charge in [0.25, 0.3) is 0 Å².